The molecule has 1 saturated heterocycles. The van der Waals surface area contributed by atoms with Gasteiger partial charge in [0.25, 0.3) is 5.91 Å². The van der Waals surface area contributed by atoms with Crippen molar-refractivity contribution in [2.75, 3.05) is 20.2 Å². The number of pyridine rings is 1. The van der Waals surface area contributed by atoms with Gasteiger partial charge >= 0.3 is 6.09 Å². The molecule has 8 rings (SSSR count). The van der Waals surface area contributed by atoms with Crippen molar-refractivity contribution < 1.29 is 51.3 Å². The molecule has 17 heteroatoms. The van der Waals surface area contributed by atoms with Crippen LogP contribution in [-0.4, -0.2) is 107 Å². The summed E-state index contributed by atoms with van der Waals surface area (Å²) in [4.78, 5) is 65.1. The van der Waals surface area contributed by atoms with Gasteiger partial charge in [0, 0.05) is 29.8 Å². The largest absolute Gasteiger partial charge is 0.497 e. The van der Waals surface area contributed by atoms with E-state index < -0.39 is 80.0 Å². The Morgan fingerprint density at radius 2 is 1.80 bits per heavy atom. The van der Waals surface area contributed by atoms with E-state index in [-0.39, 0.29) is 55.0 Å². The molecule has 0 unspecified atom stereocenters. The first-order valence-corrected chi connectivity index (χ1v) is 24.6. The van der Waals surface area contributed by atoms with Gasteiger partial charge in [0.1, 0.15) is 29.5 Å². The first kappa shape index (κ1) is 47.1. The van der Waals surface area contributed by atoms with Gasteiger partial charge in [-0.25, -0.2) is 22.6 Å². The van der Waals surface area contributed by atoms with Gasteiger partial charge in [0.05, 0.1) is 30.2 Å². The van der Waals surface area contributed by atoms with Crippen LogP contribution in [0, 0.1) is 29.0 Å². The van der Waals surface area contributed by atoms with E-state index in [0.717, 1.165) is 12.8 Å². The number of carboxylic acid groups (broad SMARTS) is 1. The van der Waals surface area contributed by atoms with Gasteiger partial charge in [-0.3, -0.25) is 24.0 Å². The van der Waals surface area contributed by atoms with Gasteiger partial charge in [-0.2, -0.15) is 0 Å². The zero-order valence-electron chi connectivity index (χ0n) is 38.8. The summed E-state index contributed by atoms with van der Waals surface area (Å²) in [7, 11) is -2.53. The molecule has 3 aliphatic carbocycles. The molecular weight excluding hydrogens is 870 g/mol. The molecule has 1 aromatic heterocycles. The molecule has 66 heavy (non-hydrogen) atoms. The predicted octanol–water partition coefficient (Wildman–Crippen LogP) is 7.22. The number of hydrogen-bond donors (Lipinski definition) is 3. The van der Waals surface area contributed by atoms with Crippen LogP contribution in [0.5, 0.6) is 17.4 Å². The fourth-order valence-corrected chi connectivity index (χ4v) is 10.9. The monoisotopic (exact) mass is 931 g/mol. The maximum atomic E-state index is 15.4. The molecule has 3 heterocycles. The highest BCUT2D eigenvalue weighted by Gasteiger charge is 2.63. The first-order chi connectivity index (χ1) is 31.1. The molecule has 3 aromatic rings. The molecule has 0 bridgehead atoms. The summed E-state index contributed by atoms with van der Waals surface area (Å²) >= 11 is 0. The van der Waals surface area contributed by atoms with Crippen molar-refractivity contribution in [3.63, 3.8) is 0 Å². The lowest BCUT2D eigenvalue weighted by Gasteiger charge is -2.38. The molecule has 2 aromatic carbocycles. The van der Waals surface area contributed by atoms with E-state index >= 15 is 9.18 Å². The van der Waals surface area contributed by atoms with E-state index in [1.54, 1.807) is 51.1 Å². The Morgan fingerprint density at radius 1 is 1.06 bits per heavy atom. The van der Waals surface area contributed by atoms with Crippen molar-refractivity contribution in [3.05, 3.63) is 60.4 Å². The summed E-state index contributed by atoms with van der Waals surface area (Å²) in [5.41, 5.74) is -1.10. The summed E-state index contributed by atoms with van der Waals surface area (Å²) in [6, 6.07) is 9.23. The van der Waals surface area contributed by atoms with Gasteiger partial charge < -0.3 is 29.5 Å². The molecule has 0 spiro atoms. The Morgan fingerprint density at radius 3 is 2.45 bits per heavy atom. The van der Waals surface area contributed by atoms with E-state index in [2.05, 4.69) is 17.0 Å². The van der Waals surface area contributed by atoms with E-state index in [0.29, 0.717) is 59.9 Å². The molecular formula is C49H62FN5O10S. The fourth-order valence-electron chi connectivity index (χ4n) is 9.62. The number of halogens is 1. The minimum Gasteiger partial charge on any atom is -0.497 e. The second-order valence-electron chi connectivity index (χ2n) is 20.3. The summed E-state index contributed by atoms with van der Waals surface area (Å²) < 4.78 is 61.2. The van der Waals surface area contributed by atoms with Crippen LogP contribution in [0.25, 0.3) is 22.0 Å². The molecule has 3 N–H and O–H groups in total. The number of fused-ring (bicyclic) bond motifs is 3. The van der Waals surface area contributed by atoms with Crippen molar-refractivity contribution in [2.24, 2.45) is 23.2 Å². The Balaban J connectivity index is 1.18. The van der Waals surface area contributed by atoms with Crippen LogP contribution < -0.4 is 24.2 Å². The summed E-state index contributed by atoms with van der Waals surface area (Å²) in [6.45, 7) is 11.1. The number of allylic oxidation sites excluding steroid dienone is 1. The third kappa shape index (κ3) is 9.54. The molecule has 15 nitrogen and oxygen atoms in total. The fraction of sp³-hybridized carbons (Fsp3) is 0.571. The maximum absolute atomic E-state index is 15.4. The third-order valence-electron chi connectivity index (χ3n) is 14.3. The zero-order valence-corrected chi connectivity index (χ0v) is 39.6. The van der Waals surface area contributed by atoms with Crippen molar-refractivity contribution >= 4 is 44.6 Å². The molecule has 356 valence electrons. The number of methoxy groups -OCH3 is 1. The lowest BCUT2D eigenvalue weighted by molar-refractivity contribution is -0.144. The minimum atomic E-state index is -4.07. The standard InChI is InChI=1S/C49H62FN5O10S/c1-28(2)64-40-15-12-31(22-37(40)50)38-23-32-21-34(63-7)13-14-36(32)43(51-38)65-35-24-39-42(56)52-49(45(58)53-66(61,62)48(6)18-19-48)25-33(49)11-9-8-10-29(3)20-30(4)41(44(57)54(39)26-35)55(46(59)60)27-47(5)16-17-47/h9,11-15,21-23,28-30,33,35,39,41H,8,10,16-20,24-27H2,1-7H3,(H,52,56)(H,53,58)(H,59,60)/b11-9-/t29-,30+,33+,35+,39-,41-,49+/m0/s1. The minimum absolute atomic E-state index is 0.0755. The molecule has 3 saturated carbocycles. The molecule has 2 aliphatic heterocycles. The highest BCUT2D eigenvalue weighted by atomic mass is 32.2. The smallest absolute Gasteiger partial charge is 0.408 e. The lowest BCUT2D eigenvalue weighted by atomic mass is 9.86. The van der Waals surface area contributed by atoms with E-state index in [1.807, 2.05) is 26.0 Å². The highest BCUT2D eigenvalue weighted by molar-refractivity contribution is 7.91. The summed E-state index contributed by atoms with van der Waals surface area (Å²) in [5.74, 6) is -2.78. The quantitative estimate of drug-likeness (QED) is 0.155. The average molecular weight is 932 g/mol. The number of benzene rings is 2. The normalized spacial score (nSPS) is 28.5. The van der Waals surface area contributed by atoms with Crippen LogP contribution in [0.1, 0.15) is 99.3 Å². The van der Waals surface area contributed by atoms with Crippen molar-refractivity contribution in [3.8, 4) is 28.6 Å². The highest BCUT2D eigenvalue weighted by Crippen LogP contribution is 2.49. The second-order valence-corrected chi connectivity index (χ2v) is 22.5. The van der Waals surface area contributed by atoms with Crippen molar-refractivity contribution in [1.82, 2.24) is 24.8 Å². The number of sulfonamides is 1. The van der Waals surface area contributed by atoms with E-state index in [4.69, 9.17) is 19.2 Å². The number of hydrogen-bond acceptors (Lipinski definition) is 10. The van der Waals surface area contributed by atoms with E-state index in [9.17, 15) is 27.9 Å². The SMILES string of the molecule is COc1ccc2c(O[C@@H]3C[C@H]4C(=O)N[C@]5(C(=O)NS(=O)(=O)C6(C)CC6)C[C@H]5/C=C\CC[C@H](C)C[C@@H](C)[C@H](N(CC5(C)CC5)C(=O)O)C(=O)N4C3)nc(-c3ccc(OC(C)C)c(F)c3)cc2c1. The number of aromatic nitrogens is 1. The molecule has 4 fully saturated rings. The van der Waals surface area contributed by atoms with Gasteiger partial charge in [0.2, 0.25) is 27.7 Å². The average Bonchev–Trinajstić information content (AvgIpc) is 4.22. The number of ether oxygens (including phenoxy) is 3. The molecule has 5 aliphatic rings. The number of carbonyl (C=O) groups is 4. The topological polar surface area (TPSA) is 194 Å². The molecule has 7 atom stereocenters. The Hall–Kier alpha value is -5.45. The zero-order chi connectivity index (χ0) is 47.5. The number of amides is 4. The van der Waals surface area contributed by atoms with Crippen LogP contribution in [0.3, 0.4) is 0 Å². The van der Waals surface area contributed by atoms with Crippen LogP contribution in [0.4, 0.5) is 9.18 Å². The van der Waals surface area contributed by atoms with Crippen LogP contribution in [-0.2, 0) is 24.4 Å². The summed E-state index contributed by atoms with van der Waals surface area (Å²) in [6.07, 6.45) is 5.81. The molecule has 0 radical (unpaired) electrons. The van der Waals surface area contributed by atoms with Crippen molar-refractivity contribution in [1.29, 1.82) is 0 Å². The number of nitrogens with zero attached hydrogens (tertiary/aromatic N) is 3. The van der Waals surface area contributed by atoms with Gasteiger partial charge in [0.15, 0.2) is 11.6 Å². The summed E-state index contributed by atoms with van der Waals surface area (Å²) in [5, 5.41) is 14.9. The van der Waals surface area contributed by atoms with Crippen LogP contribution in [0.2, 0.25) is 0 Å². The maximum Gasteiger partial charge on any atom is 0.408 e. The first-order valence-electron chi connectivity index (χ1n) is 23.1. The molecule has 4 amide bonds. The Bertz CT molecular complexity index is 2560. The van der Waals surface area contributed by atoms with Crippen LogP contribution in [0.15, 0.2) is 54.6 Å². The van der Waals surface area contributed by atoms with Gasteiger partial charge in [-0.15, -0.1) is 0 Å². The Labute approximate surface area is 385 Å². The third-order valence-corrected chi connectivity index (χ3v) is 16.5. The lowest BCUT2D eigenvalue weighted by Crippen LogP contribution is -2.60. The van der Waals surface area contributed by atoms with Gasteiger partial charge in [-0.1, -0.05) is 32.9 Å². The van der Waals surface area contributed by atoms with Crippen molar-refractivity contribution in [2.45, 2.75) is 134 Å². The van der Waals surface area contributed by atoms with Gasteiger partial charge in [-0.05, 0) is 137 Å². The van der Waals surface area contributed by atoms with E-state index in [1.165, 1.54) is 29.0 Å². The van der Waals surface area contributed by atoms with Crippen LogP contribution >= 0.6 is 0 Å². The Kier molecular flexibility index (Phi) is 12.6. The predicted molar refractivity (Wildman–Crippen MR) is 245 cm³/mol. The number of carbonyl (C=O) groups excluding carboxylic acids is 3. The second kappa shape index (κ2) is 17.6. The number of nitrogens with one attached hydrogen (secondary N) is 2. The number of rotatable bonds is 12.